The first-order valence-corrected chi connectivity index (χ1v) is 10.7. The summed E-state index contributed by atoms with van der Waals surface area (Å²) >= 11 is 12.3. The number of Topliss-reactive ketones (excluding diaryl/α,β-unsaturated/α-hetero) is 1. The van der Waals surface area contributed by atoms with Gasteiger partial charge in [-0.15, -0.1) is 0 Å². The SMILES string of the molecule is O=C1CC(c2ccc(Cl)cc2)CC2=C1C(c1cccc(Cl)c1)Nc1ccccc1N2. The minimum Gasteiger partial charge on any atom is -0.372 e. The number of hydrogen-bond donors (Lipinski definition) is 2. The van der Waals surface area contributed by atoms with Crippen molar-refractivity contribution >= 4 is 40.4 Å². The van der Waals surface area contributed by atoms with E-state index >= 15 is 0 Å². The van der Waals surface area contributed by atoms with Crippen LogP contribution in [0.4, 0.5) is 11.4 Å². The van der Waals surface area contributed by atoms with Crippen LogP contribution in [-0.2, 0) is 4.79 Å². The van der Waals surface area contributed by atoms with Crippen LogP contribution in [0.5, 0.6) is 0 Å². The van der Waals surface area contributed by atoms with Crippen molar-refractivity contribution in [1.82, 2.24) is 0 Å². The van der Waals surface area contributed by atoms with Gasteiger partial charge in [-0.05, 0) is 59.9 Å². The number of halogens is 2. The number of carbonyl (C=O) groups excluding carboxylic acids is 1. The summed E-state index contributed by atoms with van der Waals surface area (Å²) in [7, 11) is 0. The standard InChI is InChI=1S/C25H20Cl2N2O/c26-18-10-8-15(9-11-18)17-13-22-24(23(30)14-17)25(16-4-3-5-19(27)12-16)29-21-7-2-1-6-20(21)28-22/h1-12,17,25,28-29H,13-14H2. The average Bonchev–Trinajstić information content (AvgIpc) is 2.91. The number of carbonyl (C=O) groups is 1. The Bertz CT molecular complexity index is 1150. The lowest BCUT2D eigenvalue weighted by Crippen LogP contribution is -2.26. The maximum absolute atomic E-state index is 13.5. The second-order valence-electron chi connectivity index (χ2n) is 7.78. The van der Waals surface area contributed by atoms with Crippen molar-refractivity contribution in [1.29, 1.82) is 0 Å². The molecule has 1 aliphatic carbocycles. The van der Waals surface area contributed by atoms with Gasteiger partial charge >= 0.3 is 0 Å². The molecule has 2 unspecified atom stereocenters. The van der Waals surface area contributed by atoms with Gasteiger partial charge in [0, 0.05) is 27.7 Å². The number of allylic oxidation sites excluding steroid dienone is 1. The van der Waals surface area contributed by atoms with Crippen LogP contribution in [0, 0.1) is 0 Å². The Morgan fingerprint density at radius 3 is 2.30 bits per heavy atom. The third-order valence-electron chi connectivity index (χ3n) is 5.83. The third-order valence-corrected chi connectivity index (χ3v) is 6.32. The monoisotopic (exact) mass is 434 g/mol. The molecule has 30 heavy (non-hydrogen) atoms. The van der Waals surface area contributed by atoms with Crippen LogP contribution in [0.3, 0.4) is 0 Å². The lowest BCUT2D eigenvalue weighted by Gasteiger charge is -2.30. The average molecular weight is 435 g/mol. The summed E-state index contributed by atoms with van der Waals surface area (Å²) in [6.07, 6.45) is 1.23. The molecule has 3 aromatic carbocycles. The molecule has 1 heterocycles. The van der Waals surface area contributed by atoms with Crippen molar-refractivity contribution in [3.05, 3.63) is 105 Å². The van der Waals surface area contributed by atoms with Crippen molar-refractivity contribution < 1.29 is 4.79 Å². The van der Waals surface area contributed by atoms with Crippen molar-refractivity contribution in [3.63, 3.8) is 0 Å². The van der Waals surface area contributed by atoms with Gasteiger partial charge in [-0.3, -0.25) is 4.79 Å². The number of anilines is 2. The molecule has 3 aromatic rings. The van der Waals surface area contributed by atoms with Crippen LogP contribution >= 0.6 is 23.2 Å². The summed E-state index contributed by atoms with van der Waals surface area (Å²) in [4.78, 5) is 13.5. The molecule has 0 radical (unpaired) electrons. The highest BCUT2D eigenvalue weighted by molar-refractivity contribution is 6.30. The zero-order valence-corrected chi connectivity index (χ0v) is 17.7. The molecule has 3 nitrogen and oxygen atoms in total. The number of hydrogen-bond acceptors (Lipinski definition) is 3. The Morgan fingerprint density at radius 2 is 1.53 bits per heavy atom. The Balaban J connectivity index is 1.61. The normalized spacial score (nSPS) is 20.5. The molecule has 150 valence electrons. The molecule has 0 bridgehead atoms. The predicted octanol–water partition coefficient (Wildman–Crippen LogP) is 6.97. The van der Waals surface area contributed by atoms with Crippen molar-refractivity contribution in [3.8, 4) is 0 Å². The molecule has 2 aliphatic rings. The number of benzene rings is 3. The zero-order chi connectivity index (χ0) is 20.7. The molecule has 0 spiro atoms. The van der Waals surface area contributed by atoms with Gasteiger partial charge in [0.2, 0.25) is 0 Å². The van der Waals surface area contributed by atoms with Crippen molar-refractivity contribution in [2.45, 2.75) is 24.8 Å². The number of nitrogens with one attached hydrogen (secondary N) is 2. The molecule has 1 aliphatic heterocycles. The Hall–Kier alpha value is -2.75. The lowest BCUT2D eigenvalue weighted by molar-refractivity contribution is -0.116. The summed E-state index contributed by atoms with van der Waals surface area (Å²) in [5.41, 5.74) is 5.80. The summed E-state index contributed by atoms with van der Waals surface area (Å²) in [5.74, 6) is 0.264. The highest BCUT2D eigenvalue weighted by Gasteiger charge is 2.36. The maximum Gasteiger partial charge on any atom is 0.163 e. The van der Waals surface area contributed by atoms with E-state index in [2.05, 4.69) is 10.6 Å². The van der Waals surface area contributed by atoms with Gasteiger partial charge in [-0.25, -0.2) is 0 Å². The number of ketones is 1. The minimum atomic E-state index is -0.256. The molecular weight excluding hydrogens is 415 g/mol. The molecule has 2 N–H and O–H groups in total. The highest BCUT2D eigenvalue weighted by Crippen LogP contribution is 2.44. The van der Waals surface area contributed by atoms with E-state index in [1.807, 2.05) is 72.8 Å². The fraction of sp³-hybridized carbons (Fsp3) is 0.160. The van der Waals surface area contributed by atoms with Gasteiger partial charge in [-0.2, -0.15) is 0 Å². The van der Waals surface area contributed by atoms with E-state index in [-0.39, 0.29) is 17.7 Å². The third kappa shape index (κ3) is 3.60. The van der Waals surface area contributed by atoms with Gasteiger partial charge in [-0.1, -0.05) is 59.6 Å². The second kappa shape index (κ2) is 7.82. The van der Waals surface area contributed by atoms with Crippen LogP contribution in [0.2, 0.25) is 10.0 Å². The van der Waals surface area contributed by atoms with E-state index < -0.39 is 0 Å². The smallest absolute Gasteiger partial charge is 0.163 e. The topological polar surface area (TPSA) is 41.1 Å². The van der Waals surface area contributed by atoms with Gasteiger partial charge in [0.25, 0.3) is 0 Å². The summed E-state index contributed by atoms with van der Waals surface area (Å²) in [5, 5.41) is 8.49. The van der Waals surface area contributed by atoms with E-state index in [9.17, 15) is 4.79 Å². The fourth-order valence-electron chi connectivity index (χ4n) is 4.40. The van der Waals surface area contributed by atoms with E-state index in [1.54, 1.807) is 0 Å². The summed E-state index contributed by atoms with van der Waals surface area (Å²) < 4.78 is 0. The molecule has 5 heteroatoms. The van der Waals surface area contributed by atoms with Gasteiger partial charge < -0.3 is 10.6 Å². The molecule has 0 saturated carbocycles. The minimum absolute atomic E-state index is 0.117. The zero-order valence-electron chi connectivity index (χ0n) is 16.2. The van der Waals surface area contributed by atoms with E-state index in [0.717, 1.165) is 40.2 Å². The van der Waals surface area contributed by atoms with Gasteiger partial charge in [0.1, 0.15) is 0 Å². The molecule has 0 fully saturated rings. The molecular formula is C25H20Cl2N2O. The summed E-state index contributed by atoms with van der Waals surface area (Å²) in [6, 6.07) is 23.3. The van der Waals surface area contributed by atoms with E-state index in [0.29, 0.717) is 16.5 Å². The maximum atomic E-state index is 13.5. The quantitative estimate of drug-likeness (QED) is 0.457. The van der Waals surface area contributed by atoms with Crippen LogP contribution in [-0.4, -0.2) is 5.78 Å². The lowest BCUT2D eigenvalue weighted by atomic mass is 9.78. The van der Waals surface area contributed by atoms with E-state index in [4.69, 9.17) is 23.2 Å². The van der Waals surface area contributed by atoms with Crippen molar-refractivity contribution in [2.75, 3.05) is 10.6 Å². The molecule has 0 amide bonds. The Kier molecular flexibility index (Phi) is 5.01. The first-order valence-electron chi connectivity index (χ1n) is 9.98. The van der Waals surface area contributed by atoms with Crippen LogP contribution in [0.15, 0.2) is 84.1 Å². The first-order chi connectivity index (χ1) is 14.6. The van der Waals surface area contributed by atoms with Crippen LogP contribution in [0.1, 0.15) is 35.9 Å². The predicted molar refractivity (Wildman–Crippen MR) is 123 cm³/mol. The number of para-hydroxylation sites is 2. The Morgan fingerprint density at radius 1 is 0.767 bits per heavy atom. The van der Waals surface area contributed by atoms with Crippen LogP contribution < -0.4 is 10.6 Å². The molecule has 2 atom stereocenters. The molecule has 0 aromatic heterocycles. The molecule has 5 rings (SSSR count). The Labute approximate surface area is 185 Å². The fourth-order valence-corrected chi connectivity index (χ4v) is 4.72. The van der Waals surface area contributed by atoms with Crippen molar-refractivity contribution in [2.24, 2.45) is 0 Å². The van der Waals surface area contributed by atoms with Crippen LogP contribution in [0.25, 0.3) is 0 Å². The van der Waals surface area contributed by atoms with E-state index in [1.165, 1.54) is 0 Å². The number of rotatable bonds is 2. The van der Waals surface area contributed by atoms with Gasteiger partial charge in [0.15, 0.2) is 5.78 Å². The highest BCUT2D eigenvalue weighted by atomic mass is 35.5. The van der Waals surface area contributed by atoms with Gasteiger partial charge in [0.05, 0.1) is 17.4 Å². The summed E-state index contributed by atoms with van der Waals surface area (Å²) in [6.45, 7) is 0. The second-order valence-corrected chi connectivity index (χ2v) is 8.65. The molecule has 0 saturated heterocycles. The number of fused-ring (bicyclic) bond motifs is 1. The largest absolute Gasteiger partial charge is 0.372 e. The first kappa shape index (κ1) is 19.2.